The van der Waals surface area contributed by atoms with Gasteiger partial charge in [0.05, 0.1) is 19.1 Å². The van der Waals surface area contributed by atoms with Crippen LogP contribution >= 0.6 is 0 Å². The first-order valence-electron chi connectivity index (χ1n) is 10.6. The Morgan fingerprint density at radius 2 is 2.00 bits per heavy atom. The Balaban J connectivity index is 1.96. The molecule has 6 nitrogen and oxygen atoms in total. The minimum Gasteiger partial charge on any atom is -0.484 e. The third-order valence-electron chi connectivity index (χ3n) is 5.38. The second-order valence-corrected chi connectivity index (χ2v) is 8.26. The molecular weight excluding hydrogens is 396 g/mol. The summed E-state index contributed by atoms with van der Waals surface area (Å²) in [6, 6.07) is 9.17. The zero-order valence-electron chi connectivity index (χ0n) is 18.4. The highest BCUT2D eigenvalue weighted by Crippen LogP contribution is 2.32. The Kier molecular flexibility index (Phi) is 9.29. The minimum absolute atomic E-state index is 0.0275. The van der Waals surface area contributed by atoms with Gasteiger partial charge in [0.15, 0.2) is 6.10 Å². The van der Waals surface area contributed by atoms with E-state index in [-0.39, 0.29) is 18.2 Å². The number of aliphatic hydroxyl groups excluding tert-OH is 2. The van der Waals surface area contributed by atoms with Crippen LogP contribution in [-0.4, -0.2) is 46.9 Å². The van der Waals surface area contributed by atoms with Gasteiger partial charge in [0.1, 0.15) is 17.1 Å². The summed E-state index contributed by atoms with van der Waals surface area (Å²) in [4.78, 5) is 23.4. The van der Waals surface area contributed by atoms with E-state index in [0.717, 1.165) is 0 Å². The van der Waals surface area contributed by atoms with Crippen LogP contribution in [0.2, 0.25) is 0 Å². The maximum atomic E-state index is 12.3. The fourth-order valence-corrected chi connectivity index (χ4v) is 3.45. The van der Waals surface area contributed by atoms with Crippen LogP contribution in [0.15, 0.2) is 42.5 Å². The molecule has 0 aromatic heterocycles. The van der Waals surface area contributed by atoms with Crippen LogP contribution in [-0.2, 0) is 14.3 Å². The monoisotopic (exact) mass is 428 g/mol. The molecule has 0 aliphatic heterocycles. The van der Waals surface area contributed by atoms with Crippen LogP contribution in [0.1, 0.15) is 46.0 Å². The van der Waals surface area contributed by atoms with Crippen LogP contribution in [0.5, 0.6) is 5.75 Å². The van der Waals surface area contributed by atoms with E-state index in [1.807, 2.05) is 30.4 Å². The fourth-order valence-electron chi connectivity index (χ4n) is 3.45. The van der Waals surface area contributed by atoms with Gasteiger partial charge in [-0.25, -0.2) is 0 Å². The molecule has 0 spiro atoms. The van der Waals surface area contributed by atoms with Gasteiger partial charge in [-0.15, -0.1) is 0 Å². The Bertz CT molecular complexity index is 817. The van der Waals surface area contributed by atoms with Crippen LogP contribution in [0, 0.1) is 23.7 Å². The SMILES string of the molecule is COC(=O)CCCC=CC[C@H]1C(=O)C[C@H](O)[C@@H]1C#CC(O)C(C)(C)Oc1ccccc1. The highest BCUT2D eigenvalue weighted by Gasteiger charge is 2.40. The van der Waals surface area contributed by atoms with Gasteiger partial charge in [-0.05, 0) is 45.2 Å². The van der Waals surface area contributed by atoms with Gasteiger partial charge in [0.25, 0.3) is 0 Å². The molecule has 0 radical (unpaired) electrons. The summed E-state index contributed by atoms with van der Waals surface area (Å²) >= 11 is 0. The molecule has 0 heterocycles. The number of ether oxygens (including phenoxy) is 2. The first-order chi connectivity index (χ1) is 14.7. The van der Waals surface area contributed by atoms with E-state index in [2.05, 4.69) is 16.6 Å². The highest BCUT2D eigenvalue weighted by atomic mass is 16.5. The minimum atomic E-state index is -1.09. The molecule has 0 amide bonds. The molecule has 0 saturated heterocycles. The van der Waals surface area contributed by atoms with E-state index in [1.165, 1.54) is 7.11 Å². The molecular formula is C25H32O6. The molecule has 2 rings (SSSR count). The second kappa shape index (κ2) is 11.7. The van der Waals surface area contributed by atoms with E-state index >= 15 is 0 Å². The standard InChI is InChI=1S/C25H32O6/c1-25(2,31-18-11-7-6-8-12-18)23(28)16-15-20-19(21(26)17-22(20)27)13-9-4-5-10-14-24(29)30-3/h4,6-9,11-12,19-20,22-23,27-28H,5,10,13-14,17H2,1-3H3/t19-,20-,22+,23?/m1/s1. The van der Waals surface area contributed by atoms with Crippen molar-refractivity contribution in [1.82, 2.24) is 0 Å². The van der Waals surface area contributed by atoms with Crippen LogP contribution in [0.25, 0.3) is 0 Å². The van der Waals surface area contributed by atoms with Crippen LogP contribution in [0.4, 0.5) is 0 Å². The van der Waals surface area contributed by atoms with Crippen molar-refractivity contribution in [3.8, 4) is 17.6 Å². The van der Waals surface area contributed by atoms with E-state index in [1.54, 1.807) is 26.0 Å². The number of para-hydroxylation sites is 1. The van der Waals surface area contributed by atoms with Crippen molar-refractivity contribution in [3.63, 3.8) is 0 Å². The second-order valence-electron chi connectivity index (χ2n) is 8.26. The van der Waals surface area contributed by atoms with Gasteiger partial charge in [0, 0.05) is 18.8 Å². The highest BCUT2D eigenvalue weighted by molar-refractivity contribution is 5.85. The average Bonchev–Trinajstić information content (AvgIpc) is 3.01. The van der Waals surface area contributed by atoms with Crippen LogP contribution in [0.3, 0.4) is 0 Å². The maximum Gasteiger partial charge on any atom is 0.305 e. The number of hydrogen-bond acceptors (Lipinski definition) is 6. The van der Waals surface area contributed by atoms with Crippen molar-refractivity contribution < 1.29 is 29.3 Å². The number of methoxy groups -OCH3 is 1. The van der Waals surface area contributed by atoms with Crippen molar-refractivity contribution in [2.75, 3.05) is 7.11 Å². The van der Waals surface area contributed by atoms with Crippen molar-refractivity contribution in [2.24, 2.45) is 11.8 Å². The zero-order chi connectivity index (χ0) is 22.9. The molecule has 4 atom stereocenters. The van der Waals surface area contributed by atoms with Gasteiger partial charge in [0.2, 0.25) is 0 Å². The zero-order valence-corrected chi connectivity index (χ0v) is 18.4. The molecule has 1 aromatic carbocycles. The summed E-state index contributed by atoms with van der Waals surface area (Å²) < 4.78 is 10.5. The molecule has 1 saturated carbocycles. The number of benzene rings is 1. The van der Waals surface area contributed by atoms with Crippen LogP contribution < -0.4 is 4.74 Å². The third kappa shape index (κ3) is 7.54. The summed E-state index contributed by atoms with van der Waals surface area (Å²) in [5, 5.41) is 20.9. The summed E-state index contributed by atoms with van der Waals surface area (Å²) in [5.41, 5.74) is -0.961. The first kappa shape index (κ1) is 24.6. The summed E-state index contributed by atoms with van der Waals surface area (Å²) in [6.45, 7) is 3.48. The molecule has 31 heavy (non-hydrogen) atoms. The number of hydrogen-bond donors (Lipinski definition) is 2. The number of esters is 1. The van der Waals surface area contributed by atoms with Crippen molar-refractivity contribution >= 4 is 11.8 Å². The van der Waals surface area contributed by atoms with E-state index in [9.17, 15) is 19.8 Å². The Labute approximate surface area is 184 Å². The molecule has 6 heteroatoms. The number of aliphatic hydroxyl groups is 2. The molecule has 1 fully saturated rings. The van der Waals surface area contributed by atoms with Gasteiger partial charge in [-0.2, -0.15) is 0 Å². The lowest BCUT2D eigenvalue weighted by molar-refractivity contribution is -0.140. The summed E-state index contributed by atoms with van der Waals surface area (Å²) in [5.74, 6) is 5.13. The normalized spacial score (nSPS) is 22.1. The number of rotatable bonds is 9. The Morgan fingerprint density at radius 1 is 1.29 bits per heavy atom. The predicted octanol–water partition coefficient (Wildman–Crippen LogP) is 3.06. The number of unbranched alkanes of at least 4 members (excludes halogenated alkanes) is 1. The average molecular weight is 429 g/mol. The van der Waals surface area contributed by atoms with Crippen molar-refractivity contribution in [1.29, 1.82) is 0 Å². The largest absolute Gasteiger partial charge is 0.484 e. The van der Waals surface area contributed by atoms with E-state index in [4.69, 9.17) is 4.74 Å². The molecule has 1 aromatic rings. The smallest absolute Gasteiger partial charge is 0.305 e. The van der Waals surface area contributed by atoms with E-state index in [0.29, 0.717) is 31.4 Å². The lowest BCUT2D eigenvalue weighted by Crippen LogP contribution is -2.41. The molecule has 2 N–H and O–H groups in total. The van der Waals surface area contributed by atoms with E-state index < -0.39 is 29.6 Å². The van der Waals surface area contributed by atoms with Gasteiger partial charge < -0.3 is 19.7 Å². The molecule has 1 aliphatic rings. The quantitative estimate of drug-likeness (QED) is 0.272. The molecule has 168 valence electrons. The van der Waals surface area contributed by atoms with Gasteiger partial charge in [-0.1, -0.05) is 42.2 Å². The molecule has 1 unspecified atom stereocenters. The Hall–Kier alpha value is -2.62. The lowest BCUT2D eigenvalue weighted by Gasteiger charge is -2.28. The van der Waals surface area contributed by atoms with Crippen molar-refractivity contribution in [2.45, 2.75) is 63.8 Å². The molecule has 1 aliphatic carbocycles. The number of Topliss-reactive ketones (excluding diaryl/α,β-unsaturated/α-hetero) is 1. The maximum absolute atomic E-state index is 12.3. The fraction of sp³-hybridized carbons (Fsp3) is 0.520. The summed E-state index contributed by atoms with van der Waals surface area (Å²) in [6.07, 6.45) is 4.16. The van der Waals surface area contributed by atoms with Gasteiger partial charge >= 0.3 is 5.97 Å². The van der Waals surface area contributed by atoms with Crippen molar-refractivity contribution in [3.05, 3.63) is 42.5 Å². The lowest BCUT2D eigenvalue weighted by atomic mass is 9.90. The molecule has 0 bridgehead atoms. The number of carbonyl (C=O) groups excluding carboxylic acids is 2. The Morgan fingerprint density at radius 3 is 2.68 bits per heavy atom. The third-order valence-corrected chi connectivity index (χ3v) is 5.38. The number of ketones is 1. The number of allylic oxidation sites excluding steroid dienone is 2. The topological polar surface area (TPSA) is 93.1 Å². The predicted molar refractivity (Wildman–Crippen MR) is 117 cm³/mol. The van der Waals surface area contributed by atoms with Gasteiger partial charge in [-0.3, -0.25) is 9.59 Å². The summed E-state index contributed by atoms with van der Waals surface area (Å²) in [7, 11) is 1.36. The number of carbonyl (C=O) groups is 2. The first-order valence-corrected chi connectivity index (χ1v) is 10.6.